The molecule has 1 unspecified atom stereocenters. The van der Waals surface area contributed by atoms with Gasteiger partial charge in [-0.15, -0.1) is 0 Å². The fourth-order valence-corrected chi connectivity index (χ4v) is 2.58. The van der Waals surface area contributed by atoms with E-state index in [4.69, 9.17) is 0 Å². The monoisotopic (exact) mass is 367 g/mol. The molecule has 0 saturated carbocycles. The summed E-state index contributed by atoms with van der Waals surface area (Å²) in [4.78, 5) is 0. The third-order valence-corrected chi connectivity index (χ3v) is 3.43. The molecule has 0 spiro atoms. The van der Waals surface area contributed by atoms with Gasteiger partial charge in [0.2, 0.25) is 0 Å². The van der Waals surface area contributed by atoms with E-state index in [1.165, 1.54) is 0 Å². The molecule has 0 aliphatic rings. The Hall–Kier alpha value is 1.12. The number of hydrogen-bond donors (Lipinski definition) is 2. The first kappa shape index (κ1) is 11.1. The van der Waals surface area contributed by atoms with Gasteiger partial charge < -0.3 is 5.11 Å². The molecule has 0 aliphatic carbocycles. The van der Waals surface area contributed by atoms with Crippen LogP contribution in [0, 0.1) is 0 Å². The minimum Gasteiger partial charge on any atom is -0.370 e. The first-order valence-corrected chi connectivity index (χ1v) is 5.50. The summed E-state index contributed by atoms with van der Waals surface area (Å²) >= 11 is 4.11. The molecule has 0 aliphatic heterocycles. The second-order valence-corrected chi connectivity index (χ2v) is 3.36. The van der Waals surface area contributed by atoms with Crippen LogP contribution in [0.4, 0.5) is 0 Å². The average Bonchev–Trinajstić information content (AvgIpc) is 2.01. The first-order valence-electron chi connectivity index (χ1n) is 2.90. The molecule has 0 radical (unpaired) electrons. The lowest BCUT2D eigenvalue weighted by molar-refractivity contribution is 0.104. The van der Waals surface area contributed by atoms with Crippen LogP contribution in [0.2, 0.25) is 0 Å². The molecule has 0 fully saturated rings. The maximum absolute atomic E-state index is 9.70. The summed E-state index contributed by atoms with van der Waals surface area (Å²) in [5.41, 5.74) is 0.131. The van der Waals surface area contributed by atoms with Gasteiger partial charge in [-0.05, 0) is 19.4 Å². The van der Waals surface area contributed by atoms with Crippen molar-refractivity contribution in [3.8, 4) is 0 Å². The lowest BCUT2D eigenvalue weighted by Crippen LogP contribution is -2.42. The van der Waals surface area contributed by atoms with E-state index in [0.717, 1.165) is 5.57 Å². The van der Waals surface area contributed by atoms with Gasteiger partial charge in [0.15, 0.2) is 5.72 Å². The van der Waals surface area contributed by atoms with Gasteiger partial charge in [0.05, 0.1) is 0 Å². The molecule has 2 N–H and O–H groups in total. The maximum atomic E-state index is 9.70. The lowest BCUT2D eigenvalue weighted by atomic mass is 10.1. The van der Waals surface area contributed by atoms with Crippen LogP contribution in [0.3, 0.4) is 0 Å². The predicted octanol–water partition coefficient (Wildman–Crippen LogP) is 2.02. The van der Waals surface area contributed by atoms with E-state index in [-0.39, 0.29) is 0 Å². The van der Waals surface area contributed by atoms with Crippen molar-refractivity contribution in [3.63, 3.8) is 0 Å². The van der Waals surface area contributed by atoms with Crippen LogP contribution in [0.5, 0.6) is 0 Å². The molecule has 2 nitrogen and oxygen atoms in total. The molecule has 0 saturated heterocycles. The van der Waals surface area contributed by atoms with Gasteiger partial charge in [0.25, 0.3) is 0 Å². The van der Waals surface area contributed by atoms with E-state index in [1.54, 1.807) is 0 Å². The van der Waals surface area contributed by atoms with Gasteiger partial charge in [-0.25, -0.2) is 3.53 Å². The van der Waals surface area contributed by atoms with E-state index in [1.807, 2.05) is 42.8 Å². The molecular weight excluding hydrogens is 356 g/mol. The summed E-state index contributed by atoms with van der Waals surface area (Å²) in [5, 5.41) is 9.70. The fourth-order valence-electron chi connectivity index (χ4n) is 0.444. The Kier molecular flexibility index (Phi) is 5.44. The van der Waals surface area contributed by atoms with E-state index in [9.17, 15) is 5.11 Å². The highest BCUT2D eigenvalue weighted by Gasteiger charge is 2.24. The summed E-state index contributed by atoms with van der Waals surface area (Å²) in [7, 11) is 0. The van der Waals surface area contributed by atoms with Gasteiger partial charge in [0.1, 0.15) is 0 Å². The molecule has 0 aromatic heterocycles. The van der Waals surface area contributed by atoms with Crippen molar-refractivity contribution in [2.24, 2.45) is 0 Å². The highest BCUT2D eigenvalue weighted by atomic mass is 127. The summed E-state index contributed by atoms with van der Waals surface area (Å²) in [6.45, 7) is 3.82. The van der Waals surface area contributed by atoms with Crippen molar-refractivity contribution in [1.29, 1.82) is 0 Å². The molecule has 4 heteroatoms. The zero-order valence-electron chi connectivity index (χ0n) is 5.99. The third-order valence-electron chi connectivity index (χ3n) is 1.44. The van der Waals surface area contributed by atoms with Crippen molar-refractivity contribution in [1.82, 2.24) is 3.53 Å². The SMILES string of the molecule is C/C=C(\C)C(O)(CI)NI. The van der Waals surface area contributed by atoms with E-state index < -0.39 is 5.72 Å². The second kappa shape index (κ2) is 4.89. The number of allylic oxidation sites excluding steroid dienone is 1. The molecule has 0 aromatic rings. The maximum Gasteiger partial charge on any atom is 0.154 e. The normalized spacial score (nSPS) is 18.7. The number of rotatable bonds is 3. The number of nitrogens with one attached hydrogen (secondary N) is 1. The van der Waals surface area contributed by atoms with Crippen LogP contribution in [-0.2, 0) is 0 Å². The zero-order chi connectivity index (χ0) is 8.20. The summed E-state index contributed by atoms with van der Waals surface area (Å²) in [6.07, 6.45) is 1.91. The predicted molar refractivity (Wildman–Crippen MR) is 60.4 cm³/mol. The molecule has 10 heavy (non-hydrogen) atoms. The summed E-state index contributed by atoms with van der Waals surface area (Å²) in [5.74, 6) is 0. The molecule has 0 amide bonds. The average molecular weight is 367 g/mol. The van der Waals surface area contributed by atoms with Crippen molar-refractivity contribution in [2.45, 2.75) is 19.6 Å². The van der Waals surface area contributed by atoms with Crippen molar-refractivity contribution >= 4 is 45.5 Å². The fraction of sp³-hybridized carbons (Fsp3) is 0.667. The molecule has 0 heterocycles. The molecule has 1 atom stereocenters. The van der Waals surface area contributed by atoms with Crippen molar-refractivity contribution in [3.05, 3.63) is 11.6 Å². The Morgan fingerprint density at radius 2 is 2.30 bits per heavy atom. The van der Waals surface area contributed by atoms with Gasteiger partial charge in [-0.1, -0.05) is 28.7 Å². The second-order valence-electron chi connectivity index (χ2n) is 2.06. The Bertz CT molecular complexity index is 132. The van der Waals surface area contributed by atoms with Gasteiger partial charge in [-0.2, -0.15) is 0 Å². The van der Waals surface area contributed by atoms with Gasteiger partial charge in [0, 0.05) is 27.3 Å². The van der Waals surface area contributed by atoms with Crippen LogP contribution in [0.25, 0.3) is 0 Å². The number of alkyl halides is 1. The molecular formula is C6H11I2NO. The Balaban J connectivity index is 4.32. The Labute approximate surface area is 89.1 Å². The zero-order valence-corrected chi connectivity index (χ0v) is 10.3. The first-order chi connectivity index (χ1) is 4.60. The summed E-state index contributed by atoms with van der Waals surface area (Å²) < 4.78 is 3.49. The Morgan fingerprint density at radius 3 is 2.40 bits per heavy atom. The standard InChI is InChI=1S/C6H11I2NO/c1-3-5(2)6(10,4-7)9-8/h3,9-10H,4H2,1-2H3/b5-3+. The minimum atomic E-state index is -0.824. The molecule has 0 rings (SSSR count). The smallest absolute Gasteiger partial charge is 0.154 e. The largest absolute Gasteiger partial charge is 0.370 e. The van der Waals surface area contributed by atoms with Gasteiger partial charge >= 0.3 is 0 Å². The Morgan fingerprint density at radius 1 is 1.80 bits per heavy atom. The highest BCUT2D eigenvalue weighted by molar-refractivity contribution is 14.1. The quantitative estimate of drug-likeness (QED) is 0.263. The van der Waals surface area contributed by atoms with Crippen LogP contribution in [-0.4, -0.2) is 15.3 Å². The van der Waals surface area contributed by atoms with E-state index in [0.29, 0.717) is 4.43 Å². The third kappa shape index (κ3) is 2.63. The highest BCUT2D eigenvalue weighted by Crippen LogP contribution is 2.17. The lowest BCUT2D eigenvalue weighted by Gasteiger charge is -2.24. The van der Waals surface area contributed by atoms with Crippen LogP contribution >= 0.6 is 45.5 Å². The number of hydrogen-bond acceptors (Lipinski definition) is 2. The summed E-state index contributed by atoms with van der Waals surface area (Å²) in [6, 6.07) is 0. The topological polar surface area (TPSA) is 32.3 Å². The van der Waals surface area contributed by atoms with Gasteiger partial charge in [-0.3, -0.25) is 0 Å². The van der Waals surface area contributed by atoms with Crippen LogP contribution in [0.1, 0.15) is 13.8 Å². The van der Waals surface area contributed by atoms with E-state index >= 15 is 0 Å². The number of halogens is 2. The molecule has 0 bridgehead atoms. The van der Waals surface area contributed by atoms with Crippen LogP contribution < -0.4 is 3.53 Å². The number of aliphatic hydroxyl groups is 1. The molecule has 60 valence electrons. The van der Waals surface area contributed by atoms with E-state index in [2.05, 4.69) is 26.1 Å². The van der Waals surface area contributed by atoms with Crippen molar-refractivity contribution in [2.75, 3.05) is 4.43 Å². The minimum absolute atomic E-state index is 0.657. The van der Waals surface area contributed by atoms with Crippen molar-refractivity contribution < 1.29 is 5.11 Å². The van der Waals surface area contributed by atoms with Crippen LogP contribution in [0.15, 0.2) is 11.6 Å². The molecule has 0 aromatic carbocycles.